The van der Waals surface area contributed by atoms with Gasteiger partial charge in [0.05, 0.1) is 11.7 Å². The first-order valence-corrected chi connectivity index (χ1v) is 6.47. The second-order valence-electron chi connectivity index (χ2n) is 4.30. The smallest absolute Gasteiger partial charge is 0.127 e. The summed E-state index contributed by atoms with van der Waals surface area (Å²) < 4.78 is 14.4. The molecule has 0 aliphatic heterocycles. The van der Waals surface area contributed by atoms with Gasteiger partial charge in [0.1, 0.15) is 5.82 Å². The molecule has 18 heavy (non-hydrogen) atoms. The second kappa shape index (κ2) is 5.59. The van der Waals surface area contributed by atoms with Gasteiger partial charge in [-0.2, -0.15) is 0 Å². The number of rotatable bonds is 3. The van der Waals surface area contributed by atoms with Crippen molar-refractivity contribution < 1.29 is 4.39 Å². The Balaban J connectivity index is 2.18. The molecule has 0 bridgehead atoms. The van der Waals surface area contributed by atoms with Gasteiger partial charge in [0.2, 0.25) is 0 Å². The Bertz CT molecular complexity index is 557. The molecule has 0 amide bonds. The van der Waals surface area contributed by atoms with Crippen LogP contribution < -0.4 is 5.73 Å². The quantitative estimate of drug-likeness (QED) is 0.942. The number of halogens is 2. The van der Waals surface area contributed by atoms with Gasteiger partial charge in [-0.05, 0) is 48.7 Å². The van der Waals surface area contributed by atoms with Crippen LogP contribution in [-0.4, -0.2) is 4.98 Å². The predicted octanol–water partition coefficient (Wildman–Crippen LogP) is 3.53. The summed E-state index contributed by atoms with van der Waals surface area (Å²) >= 11 is 3.23. The molecule has 1 aromatic heterocycles. The molecular weight excluding hydrogens is 295 g/mol. The van der Waals surface area contributed by atoms with E-state index in [0.29, 0.717) is 12.0 Å². The molecule has 0 spiro atoms. The Kier molecular flexibility index (Phi) is 4.09. The lowest BCUT2D eigenvalue weighted by atomic mass is 10.0. The summed E-state index contributed by atoms with van der Waals surface area (Å²) in [6.45, 7) is 1.98. The van der Waals surface area contributed by atoms with E-state index in [1.165, 1.54) is 6.07 Å². The van der Waals surface area contributed by atoms with E-state index in [0.717, 1.165) is 15.7 Å². The lowest BCUT2D eigenvalue weighted by molar-refractivity contribution is 0.589. The van der Waals surface area contributed by atoms with Gasteiger partial charge in [-0.25, -0.2) is 4.39 Å². The van der Waals surface area contributed by atoms with Crippen molar-refractivity contribution in [1.82, 2.24) is 4.98 Å². The van der Waals surface area contributed by atoms with E-state index in [-0.39, 0.29) is 11.9 Å². The van der Waals surface area contributed by atoms with Crippen molar-refractivity contribution in [3.8, 4) is 0 Å². The standard InChI is InChI=1S/C14H14BrFN2/c1-9-4-5-18-14(6-9)13(17)7-10-2-3-11(15)8-12(10)16/h2-6,8,13H,7,17H2,1H3. The maximum atomic E-state index is 13.7. The minimum absolute atomic E-state index is 0.243. The van der Waals surface area contributed by atoms with Crippen molar-refractivity contribution in [3.05, 3.63) is 63.6 Å². The summed E-state index contributed by atoms with van der Waals surface area (Å²) in [7, 11) is 0. The zero-order valence-electron chi connectivity index (χ0n) is 10.0. The predicted molar refractivity (Wildman–Crippen MR) is 73.7 cm³/mol. The van der Waals surface area contributed by atoms with Crippen LogP contribution in [0.2, 0.25) is 0 Å². The molecule has 0 aliphatic carbocycles. The van der Waals surface area contributed by atoms with Crippen LogP contribution in [0.3, 0.4) is 0 Å². The maximum absolute atomic E-state index is 13.7. The Morgan fingerprint density at radius 1 is 1.33 bits per heavy atom. The molecule has 0 radical (unpaired) electrons. The fourth-order valence-electron chi connectivity index (χ4n) is 1.79. The van der Waals surface area contributed by atoms with Gasteiger partial charge < -0.3 is 5.73 Å². The van der Waals surface area contributed by atoms with Crippen molar-refractivity contribution >= 4 is 15.9 Å². The van der Waals surface area contributed by atoms with Gasteiger partial charge in [0.15, 0.2) is 0 Å². The summed E-state index contributed by atoms with van der Waals surface area (Å²) in [6, 6.07) is 8.56. The van der Waals surface area contributed by atoms with Crippen LogP contribution in [0.1, 0.15) is 22.9 Å². The van der Waals surface area contributed by atoms with Crippen LogP contribution in [0.5, 0.6) is 0 Å². The molecule has 2 nitrogen and oxygen atoms in total. The van der Waals surface area contributed by atoms with E-state index in [4.69, 9.17) is 5.73 Å². The van der Waals surface area contributed by atoms with E-state index in [1.807, 2.05) is 25.1 Å². The Morgan fingerprint density at radius 3 is 2.78 bits per heavy atom. The summed E-state index contributed by atoms with van der Waals surface area (Å²) in [6.07, 6.45) is 2.16. The monoisotopic (exact) mass is 308 g/mol. The van der Waals surface area contributed by atoms with E-state index >= 15 is 0 Å². The first kappa shape index (κ1) is 13.2. The van der Waals surface area contributed by atoms with Crippen LogP contribution in [-0.2, 0) is 6.42 Å². The van der Waals surface area contributed by atoms with Crippen LogP contribution in [0.4, 0.5) is 4.39 Å². The molecular formula is C14H14BrFN2. The summed E-state index contributed by atoms with van der Waals surface area (Å²) in [4.78, 5) is 4.23. The average molecular weight is 309 g/mol. The highest BCUT2D eigenvalue weighted by atomic mass is 79.9. The van der Waals surface area contributed by atoms with Gasteiger partial charge >= 0.3 is 0 Å². The van der Waals surface area contributed by atoms with E-state index in [2.05, 4.69) is 20.9 Å². The van der Waals surface area contributed by atoms with Crippen molar-refractivity contribution in [2.45, 2.75) is 19.4 Å². The number of benzene rings is 1. The van der Waals surface area contributed by atoms with E-state index in [1.54, 1.807) is 12.3 Å². The van der Waals surface area contributed by atoms with Crippen LogP contribution in [0, 0.1) is 12.7 Å². The van der Waals surface area contributed by atoms with Crippen LogP contribution in [0.15, 0.2) is 41.0 Å². The van der Waals surface area contributed by atoms with Crippen LogP contribution >= 0.6 is 15.9 Å². The van der Waals surface area contributed by atoms with E-state index < -0.39 is 0 Å². The molecule has 2 N–H and O–H groups in total. The maximum Gasteiger partial charge on any atom is 0.127 e. The van der Waals surface area contributed by atoms with Crippen LogP contribution in [0.25, 0.3) is 0 Å². The van der Waals surface area contributed by atoms with Crippen molar-refractivity contribution in [2.75, 3.05) is 0 Å². The topological polar surface area (TPSA) is 38.9 Å². The molecule has 0 aliphatic rings. The number of aromatic nitrogens is 1. The molecule has 1 atom stereocenters. The lowest BCUT2D eigenvalue weighted by Gasteiger charge is -2.12. The molecule has 0 fully saturated rings. The van der Waals surface area contributed by atoms with Gasteiger partial charge in [0, 0.05) is 10.7 Å². The zero-order valence-corrected chi connectivity index (χ0v) is 11.6. The number of nitrogens with zero attached hydrogens (tertiary/aromatic N) is 1. The number of nitrogens with two attached hydrogens (primary N) is 1. The van der Waals surface area contributed by atoms with E-state index in [9.17, 15) is 4.39 Å². The molecule has 1 aromatic carbocycles. The second-order valence-corrected chi connectivity index (χ2v) is 5.22. The summed E-state index contributed by atoms with van der Waals surface area (Å²) in [5.74, 6) is -0.243. The molecule has 1 unspecified atom stereocenters. The average Bonchev–Trinajstić information content (AvgIpc) is 2.32. The minimum Gasteiger partial charge on any atom is -0.322 e. The molecule has 2 aromatic rings. The Morgan fingerprint density at radius 2 is 2.11 bits per heavy atom. The molecule has 4 heteroatoms. The summed E-state index contributed by atoms with van der Waals surface area (Å²) in [5.41, 5.74) is 8.56. The fraction of sp³-hybridized carbons (Fsp3) is 0.214. The van der Waals surface area contributed by atoms with Crippen molar-refractivity contribution in [2.24, 2.45) is 5.73 Å². The van der Waals surface area contributed by atoms with Gasteiger partial charge in [-0.1, -0.05) is 22.0 Å². The first-order chi connectivity index (χ1) is 8.56. The molecule has 94 valence electrons. The lowest BCUT2D eigenvalue weighted by Crippen LogP contribution is -2.15. The first-order valence-electron chi connectivity index (χ1n) is 5.68. The zero-order chi connectivity index (χ0) is 13.1. The Labute approximate surface area is 114 Å². The third-order valence-electron chi connectivity index (χ3n) is 2.77. The Hall–Kier alpha value is -1.26. The third-order valence-corrected chi connectivity index (χ3v) is 3.26. The normalized spacial score (nSPS) is 12.4. The molecule has 0 saturated carbocycles. The highest BCUT2D eigenvalue weighted by molar-refractivity contribution is 9.10. The highest BCUT2D eigenvalue weighted by Gasteiger charge is 2.11. The van der Waals surface area contributed by atoms with Crippen molar-refractivity contribution in [3.63, 3.8) is 0 Å². The molecule has 2 rings (SSSR count). The number of hydrogen-bond acceptors (Lipinski definition) is 2. The van der Waals surface area contributed by atoms with Gasteiger partial charge in [-0.3, -0.25) is 4.98 Å². The molecule has 0 saturated heterocycles. The summed E-state index contributed by atoms with van der Waals surface area (Å²) in [5, 5.41) is 0. The van der Waals surface area contributed by atoms with Crippen molar-refractivity contribution in [1.29, 1.82) is 0 Å². The number of hydrogen-bond donors (Lipinski definition) is 1. The highest BCUT2D eigenvalue weighted by Crippen LogP contribution is 2.20. The van der Waals surface area contributed by atoms with Gasteiger partial charge in [0.25, 0.3) is 0 Å². The molecule has 1 heterocycles. The number of aryl methyl sites for hydroxylation is 1. The third kappa shape index (κ3) is 3.15. The fourth-order valence-corrected chi connectivity index (χ4v) is 2.12. The number of pyridine rings is 1. The largest absolute Gasteiger partial charge is 0.322 e. The van der Waals surface area contributed by atoms with Gasteiger partial charge in [-0.15, -0.1) is 0 Å². The SMILES string of the molecule is Cc1ccnc(C(N)Cc2ccc(Br)cc2F)c1. The minimum atomic E-state index is -0.291.